The number of amides is 1. The van der Waals surface area contributed by atoms with Crippen LogP contribution in [-0.2, 0) is 4.79 Å². The summed E-state index contributed by atoms with van der Waals surface area (Å²) in [6.07, 6.45) is 2.37. The van der Waals surface area contributed by atoms with Crippen LogP contribution in [0.2, 0.25) is 5.02 Å². The molecule has 0 aliphatic carbocycles. The van der Waals surface area contributed by atoms with E-state index in [2.05, 4.69) is 26.0 Å². The molecule has 0 saturated heterocycles. The Labute approximate surface area is 138 Å². The second-order valence-electron chi connectivity index (χ2n) is 4.02. The number of carbonyl (C=O) groups is 1. The Bertz CT molecular complexity index is 508. The van der Waals surface area contributed by atoms with Crippen LogP contribution in [0, 0.1) is 0 Å². The molecule has 0 spiro atoms. The quantitative estimate of drug-likeness (QED) is 0.728. The number of nitrogens with one attached hydrogen (secondary N) is 1. The van der Waals surface area contributed by atoms with E-state index < -0.39 is 18.6 Å². The number of anilines is 1. The first-order valence-electron chi connectivity index (χ1n) is 5.84. The molecule has 4 nitrogen and oxygen atoms in total. The lowest BCUT2D eigenvalue weighted by Gasteiger charge is -2.16. The summed E-state index contributed by atoms with van der Waals surface area (Å²) in [6, 6.07) is 1.97. The first kappa shape index (κ1) is 18.5. The molecule has 0 aliphatic heterocycles. The fraction of sp³-hybridized carbons (Fsp3) is 0.417. The van der Waals surface area contributed by atoms with E-state index in [9.17, 15) is 13.6 Å². The highest BCUT2D eigenvalue weighted by Gasteiger charge is 2.19. The summed E-state index contributed by atoms with van der Waals surface area (Å²) >= 11 is 10.5. The third-order valence-corrected chi connectivity index (χ3v) is 3.89. The SMILES string of the molecule is CSCC[C@@H](N)C(=O)Nc1cc(Cl)cc(Br)c1OC(F)F. The molecule has 1 atom stereocenters. The van der Waals surface area contributed by atoms with Crippen LogP contribution < -0.4 is 15.8 Å². The fourth-order valence-corrected chi connectivity index (χ4v) is 2.86. The highest BCUT2D eigenvalue weighted by molar-refractivity contribution is 9.10. The van der Waals surface area contributed by atoms with E-state index in [0.717, 1.165) is 0 Å². The molecule has 21 heavy (non-hydrogen) atoms. The summed E-state index contributed by atoms with van der Waals surface area (Å²) < 4.78 is 29.5. The number of thioether (sulfide) groups is 1. The minimum absolute atomic E-state index is 0.0410. The van der Waals surface area contributed by atoms with Gasteiger partial charge < -0.3 is 15.8 Å². The van der Waals surface area contributed by atoms with Gasteiger partial charge in [-0.1, -0.05) is 11.6 Å². The number of nitrogens with two attached hydrogens (primary N) is 1. The van der Waals surface area contributed by atoms with Gasteiger partial charge in [0.05, 0.1) is 16.2 Å². The molecule has 1 aromatic carbocycles. The van der Waals surface area contributed by atoms with Gasteiger partial charge in [0.15, 0.2) is 5.75 Å². The van der Waals surface area contributed by atoms with Crippen LogP contribution in [0.5, 0.6) is 5.75 Å². The Morgan fingerprint density at radius 3 is 2.81 bits per heavy atom. The molecular formula is C12H14BrClF2N2O2S. The van der Waals surface area contributed by atoms with Crippen LogP contribution in [0.4, 0.5) is 14.5 Å². The summed E-state index contributed by atoms with van der Waals surface area (Å²) in [5.74, 6) is 0.0333. The van der Waals surface area contributed by atoms with Crippen molar-refractivity contribution < 1.29 is 18.3 Å². The molecule has 1 aromatic rings. The average Bonchev–Trinajstić information content (AvgIpc) is 2.39. The Balaban J connectivity index is 2.93. The normalized spacial score (nSPS) is 12.3. The van der Waals surface area contributed by atoms with E-state index in [0.29, 0.717) is 12.2 Å². The molecule has 0 aromatic heterocycles. The summed E-state index contributed by atoms with van der Waals surface area (Å²) in [6.45, 7) is -3.02. The topological polar surface area (TPSA) is 64.4 Å². The van der Waals surface area contributed by atoms with Gasteiger partial charge in [-0.25, -0.2) is 0 Å². The van der Waals surface area contributed by atoms with Crippen LogP contribution >= 0.6 is 39.3 Å². The summed E-state index contributed by atoms with van der Waals surface area (Å²) in [4.78, 5) is 11.9. The van der Waals surface area contributed by atoms with Gasteiger partial charge in [-0.2, -0.15) is 20.5 Å². The number of rotatable bonds is 7. The van der Waals surface area contributed by atoms with Crippen LogP contribution in [0.1, 0.15) is 6.42 Å². The molecule has 118 valence electrons. The van der Waals surface area contributed by atoms with Crippen molar-refractivity contribution in [2.75, 3.05) is 17.3 Å². The van der Waals surface area contributed by atoms with Crippen molar-refractivity contribution in [2.45, 2.75) is 19.1 Å². The molecule has 0 unspecified atom stereocenters. The van der Waals surface area contributed by atoms with Gasteiger partial charge >= 0.3 is 6.61 Å². The fourth-order valence-electron chi connectivity index (χ4n) is 1.46. The molecule has 0 saturated carbocycles. The van der Waals surface area contributed by atoms with Gasteiger partial charge in [-0.05, 0) is 46.5 Å². The zero-order chi connectivity index (χ0) is 16.0. The molecule has 0 aliphatic rings. The van der Waals surface area contributed by atoms with Crippen LogP contribution in [0.15, 0.2) is 16.6 Å². The Morgan fingerprint density at radius 2 is 2.24 bits per heavy atom. The average molecular weight is 404 g/mol. The van der Waals surface area contributed by atoms with E-state index in [1.54, 1.807) is 11.8 Å². The van der Waals surface area contributed by atoms with Crippen molar-refractivity contribution in [3.63, 3.8) is 0 Å². The largest absolute Gasteiger partial charge is 0.431 e. The smallest absolute Gasteiger partial charge is 0.387 e. The number of hydrogen-bond acceptors (Lipinski definition) is 4. The maximum atomic E-state index is 12.4. The maximum Gasteiger partial charge on any atom is 0.387 e. The van der Waals surface area contributed by atoms with Crippen molar-refractivity contribution in [2.24, 2.45) is 5.73 Å². The van der Waals surface area contributed by atoms with Gasteiger partial charge in [0.1, 0.15) is 0 Å². The molecule has 1 rings (SSSR count). The van der Waals surface area contributed by atoms with Gasteiger partial charge in [0.25, 0.3) is 0 Å². The van der Waals surface area contributed by atoms with Gasteiger partial charge in [0.2, 0.25) is 5.91 Å². The molecule has 3 N–H and O–H groups in total. The van der Waals surface area contributed by atoms with Crippen LogP contribution in [0.25, 0.3) is 0 Å². The minimum Gasteiger partial charge on any atom is -0.431 e. The molecule has 0 radical (unpaired) electrons. The number of benzene rings is 1. The lowest BCUT2D eigenvalue weighted by Crippen LogP contribution is -2.36. The lowest BCUT2D eigenvalue weighted by molar-refractivity contribution is -0.117. The number of ether oxygens (including phenoxy) is 1. The van der Waals surface area contributed by atoms with E-state index in [1.165, 1.54) is 12.1 Å². The van der Waals surface area contributed by atoms with E-state index >= 15 is 0 Å². The first-order valence-corrected chi connectivity index (χ1v) is 8.41. The maximum absolute atomic E-state index is 12.4. The monoisotopic (exact) mass is 402 g/mol. The van der Waals surface area contributed by atoms with Crippen molar-refractivity contribution in [1.29, 1.82) is 0 Å². The number of halogens is 4. The van der Waals surface area contributed by atoms with Crippen molar-refractivity contribution >= 4 is 50.9 Å². The van der Waals surface area contributed by atoms with Gasteiger partial charge in [-0.3, -0.25) is 4.79 Å². The number of alkyl halides is 2. The Morgan fingerprint density at radius 1 is 1.57 bits per heavy atom. The minimum atomic E-state index is -3.02. The van der Waals surface area contributed by atoms with Crippen molar-refractivity contribution in [1.82, 2.24) is 0 Å². The van der Waals surface area contributed by atoms with Crippen LogP contribution in [0.3, 0.4) is 0 Å². The summed E-state index contributed by atoms with van der Waals surface area (Å²) in [7, 11) is 0. The summed E-state index contributed by atoms with van der Waals surface area (Å²) in [5, 5.41) is 2.72. The lowest BCUT2D eigenvalue weighted by atomic mass is 10.2. The standard InChI is InChI=1S/C12H14BrClF2N2O2S/c1-21-3-2-8(17)11(19)18-9-5-6(14)4-7(13)10(9)20-12(15)16/h4-5,8,12H,2-3,17H2,1H3,(H,18,19)/t8-/m1/s1. The van der Waals surface area contributed by atoms with Gasteiger partial charge in [-0.15, -0.1) is 0 Å². The Kier molecular flexibility index (Phi) is 7.72. The van der Waals surface area contributed by atoms with Crippen molar-refractivity contribution in [3.8, 4) is 5.75 Å². The number of hydrogen-bond donors (Lipinski definition) is 2. The molecule has 9 heteroatoms. The summed E-state index contributed by atoms with van der Waals surface area (Å²) in [5.41, 5.74) is 5.76. The molecule has 0 fully saturated rings. The van der Waals surface area contributed by atoms with E-state index in [-0.39, 0.29) is 20.9 Å². The molecular weight excluding hydrogens is 390 g/mol. The molecule has 0 heterocycles. The number of carbonyl (C=O) groups excluding carboxylic acids is 1. The molecule has 1 amide bonds. The zero-order valence-corrected chi connectivity index (χ0v) is 14.2. The van der Waals surface area contributed by atoms with E-state index in [4.69, 9.17) is 17.3 Å². The predicted molar refractivity (Wildman–Crippen MR) is 85.4 cm³/mol. The van der Waals surface area contributed by atoms with E-state index in [1.807, 2.05) is 6.26 Å². The third kappa shape index (κ3) is 5.98. The third-order valence-electron chi connectivity index (χ3n) is 2.44. The second-order valence-corrected chi connectivity index (χ2v) is 6.30. The first-order chi connectivity index (χ1) is 9.85. The second kappa shape index (κ2) is 8.77. The Hall–Kier alpha value is -0.570. The van der Waals surface area contributed by atoms with Crippen molar-refractivity contribution in [3.05, 3.63) is 21.6 Å². The highest BCUT2D eigenvalue weighted by atomic mass is 79.9. The zero-order valence-electron chi connectivity index (χ0n) is 11.0. The molecule has 0 bridgehead atoms. The van der Waals surface area contributed by atoms with Gasteiger partial charge in [0, 0.05) is 5.02 Å². The highest BCUT2D eigenvalue weighted by Crippen LogP contribution is 2.37. The van der Waals surface area contributed by atoms with Crippen LogP contribution in [-0.4, -0.2) is 30.6 Å². The predicted octanol–water partition coefficient (Wildman–Crippen LogP) is 3.72.